The van der Waals surface area contributed by atoms with Crippen molar-refractivity contribution >= 4 is 0 Å². The van der Waals surface area contributed by atoms with Gasteiger partial charge in [0.05, 0.1) is 0 Å². The van der Waals surface area contributed by atoms with E-state index in [0.29, 0.717) is 24.3 Å². The molecule has 0 unspecified atom stereocenters. The summed E-state index contributed by atoms with van der Waals surface area (Å²) in [4.78, 5) is 0. The largest absolute Gasteiger partial charge is 2.00 e. The monoisotopic (exact) mass is 516 g/mol. The summed E-state index contributed by atoms with van der Waals surface area (Å²) >= 11 is 0. The van der Waals surface area contributed by atoms with Gasteiger partial charge in [0, 0.05) is 24.3 Å². The fraction of sp³-hybridized carbons (Fsp3) is 0.0909. The Balaban J connectivity index is 0.000000401. The molecule has 0 aromatic heterocycles. The van der Waals surface area contributed by atoms with Crippen molar-refractivity contribution in [3.63, 3.8) is 0 Å². The second-order valence-electron chi connectivity index (χ2n) is 5.45. The van der Waals surface area contributed by atoms with Gasteiger partial charge in [0.25, 0.3) is 0 Å². The topological polar surface area (TPSA) is 40.5 Å². The number of phenolic OH excluding ortho intramolecular Hbond substituents is 2. The van der Waals surface area contributed by atoms with Crippen molar-refractivity contribution < 1.29 is 62.8 Å². The number of rotatable bonds is 0. The van der Waals surface area contributed by atoms with Gasteiger partial charge >= 0.3 is 26.2 Å². The molecule has 31 heavy (non-hydrogen) atoms. The van der Waals surface area contributed by atoms with E-state index in [1.807, 2.05) is 24.3 Å². The van der Waals surface area contributed by atoms with Crippen LogP contribution < -0.4 is 0 Å². The van der Waals surface area contributed by atoms with Crippen molar-refractivity contribution in [2.24, 2.45) is 0 Å². The van der Waals surface area contributed by atoms with Gasteiger partial charge in [0.1, 0.15) is 11.5 Å². The maximum Gasteiger partial charge on any atom is 2.00 e. The molecule has 2 nitrogen and oxygen atoms in total. The number of hydrogen-bond acceptors (Lipinski definition) is 2. The van der Waals surface area contributed by atoms with Crippen LogP contribution in [0.2, 0.25) is 0 Å². The SMILES string of the molecule is Oc1cc(F)c(F)c(F)c1.Oc1cc(F)c(F)c(F)c1.[C-]1=CC=CC1.[C-]1=CC=CC1.[Zr+2]. The first-order chi connectivity index (χ1) is 14.2. The minimum absolute atomic E-state index is 0. The molecule has 0 aliphatic heterocycles. The Morgan fingerprint density at radius 2 is 0.871 bits per heavy atom. The van der Waals surface area contributed by atoms with Crippen LogP contribution in [0.1, 0.15) is 12.8 Å². The van der Waals surface area contributed by atoms with Crippen LogP contribution in [-0.2, 0) is 26.2 Å². The molecule has 0 spiro atoms. The van der Waals surface area contributed by atoms with E-state index in [4.69, 9.17) is 10.2 Å². The molecule has 0 saturated carbocycles. The fourth-order valence-corrected chi connectivity index (χ4v) is 1.76. The summed E-state index contributed by atoms with van der Waals surface area (Å²) < 4.78 is 72.4. The number of phenols is 2. The molecule has 2 N–H and O–H groups in total. The second-order valence-corrected chi connectivity index (χ2v) is 5.45. The summed E-state index contributed by atoms with van der Waals surface area (Å²) in [5, 5.41) is 16.9. The molecule has 4 rings (SSSR count). The van der Waals surface area contributed by atoms with Gasteiger partial charge in [-0.15, -0.1) is 12.8 Å². The number of halogens is 6. The Labute approximate surface area is 194 Å². The van der Waals surface area contributed by atoms with Gasteiger partial charge < -0.3 is 10.2 Å². The normalized spacial score (nSPS) is 12.1. The van der Waals surface area contributed by atoms with Gasteiger partial charge in [-0.1, -0.05) is 0 Å². The van der Waals surface area contributed by atoms with Crippen molar-refractivity contribution in [1.29, 1.82) is 0 Å². The van der Waals surface area contributed by atoms with Gasteiger partial charge in [-0.3, -0.25) is 12.2 Å². The molecule has 0 radical (unpaired) electrons. The Hall–Kier alpha value is -2.54. The van der Waals surface area contributed by atoms with Gasteiger partial charge in [-0.05, 0) is 0 Å². The van der Waals surface area contributed by atoms with Crippen LogP contribution in [0.4, 0.5) is 26.3 Å². The minimum Gasteiger partial charge on any atom is -0.508 e. The minimum atomic E-state index is -1.57. The standard InChI is InChI=1S/2C6H3F3O.2C5H5.Zr/c2*7-4-1-3(10)2-5(8)6(4)9;2*1-2-4-5-3-1;/h2*1-2,10H;2*1-3H,4H2;/q;;2*-1;+2. The molecule has 9 heteroatoms. The van der Waals surface area contributed by atoms with Gasteiger partial charge in [-0.25, -0.2) is 50.6 Å². The van der Waals surface area contributed by atoms with E-state index >= 15 is 0 Å². The zero-order chi connectivity index (χ0) is 22.5. The molecule has 2 aromatic carbocycles. The molecule has 0 amide bonds. The molecule has 2 aliphatic rings. The summed E-state index contributed by atoms with van der Waals surface area (Å²) in [5.41, 5.74) is 0. The molecule has 162 valence electrons. The van der Waals surface area contributed by atoms with Crippen LogP contribution in [0, 0.1) is 47.1 Å². The van der Waals surface area contributed by atoms with Crippen LogP contribution in [0.5, 0.6) is 11.5 Å². The van der Waals surface area contributed by atoms with E-state index in [2.05, 4.69) is 24.3 Å². The Bertz CT molecular complexity index is 812. The second kappa shape index (κ2) is 15.3. The van der Waals surface area contributed by atoms with Gasteiger partial charge in [0.2, 0.25) is 0 Å². The van der Waals surface area contributed by atoms with Crippen molar-refractivity contribution in [1.82, 2.24) is 0 Å². The first-order valence-corrected chi connectivity index (χ1v) is 8.32. The number of hydrogen-bond donors (Lipinski definition) is 2. The first kappa shape index (κ1) is 28.5. The van der Waals surface area contributed by atoms with Gasteiger partial charge in [0.15, 0.2) is 34.9 Å². The van der Waals surface area contributed by atoms with E-state index in [1.54, 1.807) is 0 Å². The third-order valence-corrected chi connectivity index (χ3v) is 3.11. The Morgan fingerprint density at radius 1 is 0.581 bits per heavy atom. The van der Waals surface area contributed by atoms with E-state index < -0.39 is 46.4 Å². The quantitative estimate of drug-likeness (QED) is 0.247. The predicted molar refractivity (Wildman–Crippen MR) is 99.1 cm³/mol. The third-order valence-electron chi connectivity index (χ3n) is 3.11. The van der Waals surface area contributed by atoms with Crippen molar-refractivity contribution in [2.45, 2.75) is 12.8 Å². The number of allylic oxidation sites excluding steroid dienone is 8. The summed E-state index contributed by atoms with van der Waals surface area (Å²) in [6.07, 6.45) is 20.0. The molecule has 0 atom stereocenters. The molecular weight excluding hydrogens is 501 g/mol. The molecule has 2 aromatic rings. The van der Waals surface area contributed by atoms with E-state index in [9.17, 15) is 26.3 Å². The predicted octanol–water partition coefficient (Wildman–Crippen LogP) is 6.23. The fourth-order valence-electron chi connectivity index (χ4n) is 1.76. The van der Waals surface area contributed by atoms with Crippen LogP contribution in [-0.4, -0.2) is 10.2 Å². The molecule has 0 bridgehead atoms. The smallest absolute Gasteiger partial charge is 0.508 e. The zero-order valence-electron chi connectivity index (χ0n) is 15.8. The summed E-state index contributed by atoms with van der Waals surface area (Å²) in [5.74, 6) is -9.96. The van der Waals surface area contributed by atoms with Crippen LogP contribution in [0.25, 0.3) is 0 Å². The average molecular weight is 518 g/mol. The summed E-state index contributed by atoms with van der Waals surface area (Å²) in [6, 6.07) is 1.99. The van der Waals surface area contributed by atoms with Crippen molar-refractivity contribution in [2.75, 3.05) is 0 Å². The molecule has 0 fully saturated rings. The van der Waals surface area contributed by atoms with E-state index in [0.717, 1.165) is 12.8 Å². The number of benzene rings is 2. The molecule has 0 heterocycles. The summed E-state index contributed by atoms with van der Waals surface area (Å²) in [6.45, 7) is 0. The van der Waals surface area contributed by atoms with Gasteiger partial charge in [-0.2, -0.15) is 12.2 Å². The summed E-state index contributed by atoms with van der Waals surface area (Å²) in [7, 11) is 0. The number of aromatic hydroxyl groups is 2. The van der Waals surface area contributed by atoms with E-state index in [-0.39, 0.29) is 26.2 Å². The maximum atomic E-state index is 12.1. The molecule has 0 saturated heterocycles. The first-order valence-electron chi connectivity index (χ1n) is 8.32. The maximum absolute atomic E-state index is 12.1. The third kappa shape index (κ3) is 11.4. The van der Waals surface area contributed by atoms with Crippen molar-refractivity contribution in [3.05, 3.63) is 108 Å². The Morgan fingerprint density at radius 3 is 1.03 bits per heavy atom. The Kier molecular flexibility index (Phi) is 14.0. The molecule has 2 aliphatic carbocycles. The average Bonchev–Trinajstić information content (AvgIpc) is 3.43. The zero-order valence-corrected chi connectivity index (χ0v) is 18.3. The molecular formula is C22H16F6O2Zr. The van der Waals surface area contributed by atoms with Crippen LogP contribution in [0.3, 0.4) is 0 Å². The van der Waals surface area contributed by atoms with E-state index in [1.165, 1.54) is 0 Å². The van der Waals surface area contributed by atoms with Crippen LogP contribution >= 0.6 is 0 Å². The van der Waals surface area contributed by atoms with Crippen LogP contribution in [0.15, 0.2) is 60.7 Å². The van der Waals surface area contributed by atoms with Crippen molar-refractivity contribution in [3.8, 4) is 11.5 Å².